The Morgan fingerprint density at radius 2 is 1.76 bits per heavy atom. The Bertz CT molecular complexity index is 595. The predicted molar refractivity (Wildman–Crippen MR) is 71.8 cm³/mol. The van der Waals surface area contributed by atoms with E-state index in [0.29, 0.717) is 18.2 Å². The SMILES string of the molecule is FC(F)(F)c1ccc(Cc2nc(C3CCCC3)n[nH]2)cc1. The van der Waals surface area contributed by atoms with Crippen LogP contribution in [0.4, 0.5) is 13.2 Å². The maximum Gasteiger partial charge on any atom is 0.416 e. The molecule has 1 aromatic heterocycles. The summed E-state index contributed by atoms with van der Waals surface area (Å²) in [5.41, 5.74) is 0.160. The number of hydrogen-bond donors (Lipinski definition) is 1. The number of halogens is 3. The lowest BCUT2D eigenvalue weighted by molar-refractivity contribution is -0.137. The molecule has 1 fully saturated rings. The lowest BCUT2D eigenvalue weighted by Gasteiger charge is -2.06. The number of alkyl halides is 3. The van der Waals surface area contributed by atoms with E-state index in [1.807, 2.05) is 0 Å². The van der Waals surface area contributed by atoms with Crippen molar-refractivity contribution < 1.29 is 13.2 Å². The van der Waals surface area contributed by atoms with Gasteiger partial charge in [-0.1, -0.05) is 25.0 Å². The molecule has 1 heterocycles. The third-order valence-electron chi connectivity index (χ3n) is 3.92. The zero-order valence-corrected chi connectivity index (χ0v) is 11.5. The molecule has 3 rings (SSSR count). The summed E-state index contributed by atoms with van der Waals surface area (Å²) in [7, 11) is 0. The van der Waals surface area contributed by atoms with Crippen LogP contribution in [0.25, 0.3) is 0 Å². The molecule has 0 atom stereocenters. The first-order chi connectivity index (χ1) is 10.0. The van der Waals surface area contributed by atoms with E-state index >= 15 is 0 Å². The molecule has 0 bridgehead atoms. The minimum Gasteiger partial charge on any atom is -0.263 e. The number of benzene rings is 1. The van der Waals surface area contributed by atoms with E-state index in [0.717, 1.165) is 36.4 Å². The summed E-state index contributed by atoms with van der Waals surface area (Å²) in [5, 5.41) is 7.13. The Morgan fingerprint density at radius 1 is 1.10 bits per heavy atom. The minimum absolute atomic E-state index is 0.433. The summed E-state index contributed by atoms with van der Waals surface area (Å²) in [5.74, 6) is 1.98. The van der Waals surface area contributed by atoms with E-state index in [-0.39, 0.29) is 0 Å². The Kier molecular flexibility index (Phi) is 3.69. The van der Waals surface area contributed by atoms with Crippen LogP contribution in [0.3, 0.4) is 0 Å². The molecule has 112 valence electrons. The van der Waals surface area contributed by atoms with Crippen LogP contribution in [-0.4, -0.2) is 15.2 Å². The molecule has 6 heteroatoms. The van der Waals surface area contributed by atoms with E-state index in [1.54, 1.807) is 0 Å². The Balaban J connectivity index is 1.69. The first-order valence-electron chi connectivity index (χ1n) is 7.10. The topological polar surface area (TPSA) is 41.6 Å². The Labute approximate surface area is 120 Å². The van der Waals surface area contributed by atoms with Crippen LogP contribution in [0, 0.1) is 0 Å². The normalized spacial score (nSPS) is 16.5. The van der Waals surface area contributed by atoms with Crippen molar-refractivity contribution in [3.8, 4) is 0 Å². The Hall–Kier alpha value is -1.85. The van der Waals surface area contributed by atoms with Gasteiger partial charge in [0.1, 0.15) is 5.82 Å². The van der Waals surface area contributed by atoms with E-state index in [9.17, 15) is 13.2 Å². The zero-order valence-electron chi connectivity index (χ0n) is 11.5. The molecule has 0 unspecified atom stereocenters. The van der Waals surface area contributed by atoms with Crippen LogP contribution in [0.15, 0.2) is 24.3 Å². The van der Waals surface area contributed by atoms with Crippen LogP contribution in [0.5, 0.6) is 0 Å². The van der Waals surface area contributed by atoms with Gasteiger partial charge in [0.25, 0.3) is 0 Å². The second-order valence-corrected chi connectivity index (χ2v) is 5.49. The highest BCUT2D eigenvalue weighted by Crippen LogP contribution is 2.32. The standard InChI is InChI=1S/C15H16F3N3/c16-15(17,18)12-7-5-10(6-8-12)9-13-19-14(21-20-13)11-3-1-2-4-11/h5-8,11H,1-4,9H2,(H,19,20,21). The van der Waals surface area contributed by atoms with Crippen molar-refractivity contribution in [1.82, 2.24) is 15.2 Å². The number of aromatic amines is 1. The van der Waals surface area contributed by atoms with Gasteiger partial charge in [0.15, 0.2) is 5.82 Å². The largest absolute Gasteiger partial charge is 0.416 e. The molecule has 0 amide bonds. The van der Waals surface area contributed by atoms with E-state index < -0.39 is 11.7 Å². The summed E-state index contributed by atoms with van der Waals surface area (Å²) in [4.78, 5) is 4.47. The zero-order chi connectivity index (χ0) is 14.9. The van der Waals surface area contributed by atoms with Crippen molar-refractivity contribution in [3.63, 3.8) is 0 Å². The van der Waals surface area contributed by atoms with Crippen molar-refractivity contribution >= 4 is 0 Å². The molecule has 1 N–H and O–H groups in total. The molecule has 2 aromatic rings. The maximum absolute atomic E-state index is 12.5. The van der Waals surface area contributed by atoms with Gasteiger partial charge in [-0.25, -0.2) is 4.98 Å². The van der Waals surface area contributed by atoms with Crippen molar-refractivity contribution in [2.75, 3.05) is 0 Å². The monoisotopic (exact) mass is 295 g/mol. The number of nitrogens with zero attached hydrogens (tertiary/aromatic N) is 2. The molecular formula is C15H16F3N3. The van der Waals surface area contributed by atoms with Gasteiger partial charge < -0.3 is 0 Å². The average Bonchev–Trinajstić information content (AvgIpc) is 3.08. The van der Waals surface area contributed by atoms with Gasteiger partial charge in [0, 0.05) is 12.3 Å². The molecule has 1 aromatic carbocycles. The molecule has 0 saturated heterocycles. The molecule has 21 heavy (non-hydrogen) atoms. The number of aromatic nitrogens is 3. The molecular weight excluding hydrogens is 279 g/mol. The first-order valence-corrected chi connectivity index (χ1v) is 7.10. The first kappa shape index (κ1) is 14.1. The van der Waals surface area contributed by atoms with Crippen molar-refractivity contribution in [2.45, 2.75) is 44.2 Å². The number of nitrogens with one attached hydrogen (secondary N) is 1. The van der Waals surface area contributed by atoms with Gasteiger partial charge in [0.2, 0.25) is 0 Å². The molecule has 3 nitrogen and oxygen atoms in total. The summed E-state index contributed by atoms with van der Waals surface area (Å²) in [6.07, 6.45) is 0.855. The van der Waals surface area contributed by atoms with Gasteiger partial charge in [-0.3, -0.25) is 5.10 Å². The highest BCUT2D eigenvalue weighted by atomic mass is 19.4. The number of rotatable bonds is 3. The second kappa shape index (κ2) is 5.50. The van der Waals surface area contributed by atoms with Crippen molar-refractivity contribution in [2.24, 2.45) is 0 Å². The average molecular weight is 295 g/mol. The van der Waals surface area contributed by atoms with Crippen molar-refractivity contribution in [1.29, 1.82) is 0 Å². The fraction of sp³-hybridized carbons (Fsp3) is 0.467. The predicted octanol–water partition coefficient (Wildman–Crippen LogP) is 4.07. The van der Waals surface area contributed by atoms with Gasteiger partial charge in [0.05, 0.1) is 5.56 Å². The third kappa shape index (κ3) is 3.25. The molecule has 1 aliphatic rings. The van der Waals surface area contributed by atoms with Crippen LogP contribution >= 0.6 is 0 Å². The minimum atomic E-state index is -4.29. The lowest BCUT2D eigenvalue weighted by Crippen LogP contribution is -2.04. The lowest BCUT2D eigenvalue weighted by atomic mass is 10.1. The van der Waals surface area contributed by atoms with E-state index in [1.165, 1.54) is 25.0 Å². The van der Waals surface area contributed by atoms with Gasteiger partial charge in [-0.2, -0.15) is 18.3 Å². The fourth-order valence-corrected chi connectivity index (χ4v) is 2.76. The third-order valence-corrected chi connectivity index (χ3v) is 3.92. The van der Waals surface area contributed by atoms with Crippen molar-refractivity contribution in [3.05, 3.63) is 47.0 Å². The summed E-state index contributed by atoms with van der Waals surface area (Å²) < 4.78 is 37.5. The number of H-pyrrole nitrogens is 1. The molecule has 0 aliphatic heterocycles. The van der Waals surface area contributed by atoms with Crippen LogP contribution in [-0.2, 0) is 12.6 Å². The fourth-order valence-electron chi connectivity index (χ4n) is 2.76. The second-order valence-electron chi connectivity index (χ2n) is 5.49. The quantitative estimate of drug-likeness (QED) is 0.927. The summed E-state index contributed by atoms with van der Waals surface area (Å²) in [6, 6.07) is 5.17. The Morgan fingerprint density at radius 3 is 2.38 bits per heavy atom. The highest BCUT2D eigenvalue weighted by molar-refractivity contribution is 5.26. The molecule has 1 aliphatic carbocycles. The smallest absolute Gasteiger partial charge is 0.263 e. The van der Waals surface area contributed by atoms with E-state index in [2.05, 4.69) is 15.2 Å². The van der Waals surface area contributed by atoms with Crippen LogP contribution in [0.2, 0.25) is 0 Å². The van der Waals surface area contributed by atoms with Crippen LogP contribution < -0.4 is 0 Å². The summed E-state index contributed by atoms with van der Waals surface area (Å²) in [6.45, 7) is 0. The maximum atomic E-state index is 12.5. The van der Waals surface area contributed by atoms with Gasteiger partial charge >= 0.3 is 6.18 Å². The molecule has 1 saturated carbocycles. The molecule has 0 radical (unpaired) electrons. The van der Waals surface area contributed by atoms with Gasteiger partial charge in [-0.05, 0) is 30.5 Å². The summed E-state index contributed by atoms with van der Waals surface area (Å²) >= 11 is 0. The highest BCUT2D eigenvalue weighted by Gasteiger charge is 2.30. The molecule has 0 spiro atoms. The van der Waals surface area contributed by atoms with Crippen LogP contribution in [0.1, 0.15) is 54.4 Å². The van der Waals surface area contributed by atoms with Gasteiger partial charge in [-0.15, -0.1) is 0 Å². The van der Waals surface area contributed by atoms with E-state index in [4.69, 9.17) is 0 Å². The number of hydrogen-bond acceptors (Lipinski definition) is 2.